The lowest BCUT2D eigenvalue weighted by Gasteiger charge is -2.32. The van der Waals surface area contributed by atoms with Crippen LogP contribution in [0.3, 0.4) is 0 Å². The normalized spacial score (nSPS) is 13.4. The molecule has 0 spiro atoms. The van der Waals surface area contributed by atoms with Crippen molar-refractivity contribution < 1.29 is 17.7 Å². The van der Waals surface area contributed by atoms with E-state index in [0.29, 0.717) is 11.8 Å². The van der Waals surface area contributed by atoms with Gasteiger partial charge in [0.25, 0.3) is 0 Å². The first-order valence-electron chi connectivity index (χ1n) is 8.63. The molecule has 0 N–H and O–H groups in total. The van der Waals surface area contributed by atoms with Crippen molar-refractivity contribution in [3.8, 4) is 0 Å². The fourth-order valence-electron chi connectivity index (χ4n) is 1.88. The second-order valence-electron chi connectivity index (χ2n) is 7.55. The molecule has 0 aromatic rings. The Labute approximate surface area is 141 Å². The zero-order valence-electron chi connectivity index (χ0n) is 16.1. The van der Waals surface area contributed by atoms with Crippen molar-refractivity contribution in [2.75, 3.05) is 13.2 Å². The largest absolute Gasteiger partial charge is 0.394 e. The van der Waals surface area contributed by atoms with E-state index in [9.17, 15) is 0 Å². The highest BCUT2D eigenvalue weighted by Crippen LogP contribution is 2.20. The van der Waals surface area contributed by atoms with Crippen molar-refractivity contribution in [2.24, 2.45) is 11.8 Å². The van der Waals surface area contributed by atoms with Gasteiger partial charge in [-0.1, -0.05) is 27.7 Å². The summed E-state index contributed by atoms with van der Waals surface area (Å²) in [5, 5.41) is 0. The second kappa shape index (κ2) is 10.9. The van der Waals surface area contributed by atoms with E-state index in [1.165, 1.54) is 0 Å². The Morgan fingerprint density at radius 3 is 1.36 bits per heavy atom. The third-order valence-corrected chi connectivity index (χ3v) is 10.4. The monoisotopic (exact) mass is 350 g/mol. The Bertz CT molecular complexity index is 261. The van der Waals surface area contributed by atoms with E-state index in [-0.39, 0.29) is 12.2 Å². The fourth-order valence-corrected chi connectivity index (χ4v) is 8.75. The molecule has 0 rings (SSSR count). The molecule has 0 aliphatic heterocycles. The molecular weight excluding hydrogens is 312 g/mol. The van der Waals surface area contributed by atoms with Gasteiger partial charge in [-0.05, 0) is 46.1 Å². The van der Waals surface area contributed by atoms with Gasteiger partial charge < -0.3 is 17.7 Å². The fraction of sp³-hybridized carbons (Fsp3) is 1.00. The van der Waals surface area contributed by atoms with Crippen LogP contribution in [-0.2, 0) is 17.7 Å². The van der Waals surface area contributed by atoms with Gasteiger partial charge in [0.05, 0.1) is 0 Å². The number of hydrogen-bond donors (Lipinski definition) is 0. The van der Waals surface area contributed by atoms with Gasteiger partial charge in [-0.15, -0.1) is 0 Å². The lowest BCUT2D eigenvalue weighted by molar-refractivity contribution is 0.119. The molecule has 0 radical (unpaired) electrons. The van der Waals surface area contributed by atoms with Gasteiger partial charge in [0.1, 0.15) is 0 Å². The summed E-state index contributed by atoms with van der Waals surface area (Å²) in [7, 11) is -4.05. The van der Waals surface area contributed by atoms with Crippen LogP contribution < -0.4 is 0 Å². The first kappa shape index (κ1) is 22.3. The second-order valence-corrected chi connectivity index (χ2v) is 13.4. The van der Waals surface area contributed by atoms with Crippen LogP contribution in [0.1, 0.15) is 55.4 Å². The minimum absolute atomic E-state index is 0.184. The first-order valence-corrected chi connectivity index (χ1v) is 12.9. The highest BCUT2D eigenvalue weighted by Gasteiger charge is 2.38. The lowest BCUT2D eigenvalue weighted by atomic mass is 10.2. The standard InChI is InChI=1S/C16H38O4Si2/c1-13(2)10-17-22(9,18-11-14(3)4)12-21(19-15(5)6)20-16(7)8/h13-16,21H,10-12H2,1-9H3. The SMILES string of the molecule is CC(C)CO[Si](C)(C[SiH](OC(C)C)OC(C)C)OCC(C)C. The van der Waals surface area contributed by atoms with Crippen molar-refractivity contribution in [3.63, 3.8) is 0 Å². The molecule has 0 aliphatic carbocycles. The van der Waals surface area contributed by atoms with Crippen molar-refractivity contribution in [1.82, 2.24) is 0 Å². The molecule has 22 heavy (non-hydrogen) atoms. The van der Waals surface area contributed by atoms with Gasteiger partial charge in [0.2, 0.25) is 0 Å². The molecule has 0 atom stereocenters. The first-order chi connectivity index (χ1) is 10.0. The Balaban J connectivity index is 4.84. The summed E-state index contributed by atoms with van der Waals surface area (Å²) in [4.78, 5) is 0. The molecule has 0 amide bonds. The molecule has 0 unspecified atom stereocenters. The van der Waals surface area contributed by atoms with Gasteiger partial charge >= 0.3 is 17.8 Å². The maximum absolute atomic E-state index is 6.23. The minimum atomic E-state index is -2.26. The molecule has 6 heteroatoms. The Kier molecular flexibility index (Phi) is 11.1. The summed E-state index contributed by atoms with van der Waals surface area (Å²) in [5.74, 6) is 1.01. The summed E-state index contributed by atoms with van der Waals surface area (Å²) in [6.45, 7) is 20.6. The zero-order chi connectivity index (χ0) is 17.3. The van der Waals surface area contributed by atoms with Crippen molar-refractivity contribution >= 4 is 17.8 Å². The maximum Gasteiger partial charge on any atom is 0.336 e. The van der Waals surface area contributed by atoms with Crippen LogP contribution in [0.4, 0.5) is 0 Å². The Morgan fingerprint density at radius 2 is 1.09 bits per heavy atom. The average molecular weight is 351 g/mol. The van der Waals surface area contributed by atoms with Crippen molar-refractivity contribution in [3.05, 3.63) is 0 Å². The molecule has 0 saturated heterocycles. The van der Waals surface area contributed by atoms with Crippen LogP contribution in [0.25, 0.3) is 0 Å². The van der Waals surface area contributed by atoms with Crippen LogP contribution in [0, 0.1) is 11.8 Å². The van der Waals surface area contributed by atoms with E-state index < -0.39 is 17.8 Å². The number of rotatable bonds is 12. The summed E-state index contributed by atoms with van der Waals surface area (Å²) < 4.78 is 24.6. The molecule has 0 aliphatic rings. The van der Waals surface area contributed by atoms with E-state index in [2.05, 4.69) is 61.9 Å². The van der Waals surface area contributed by atoms with E-state index in [1.54, 1.807) is 0 Å². The smallest absolute Gasteiger partial charge is 0.336 e. The molecule has 0 saturated carbocycles. The molecule has 0 aromatic carbocycles. The summed E-state index contributed by atoms with van der Waals surface area (Å²) in [6.07, 6.45) is 0.368. The van der Waals surface area contributed by atoms with Crippen LogP contribution in [0.15, 0.2) is 0 Å². The van der Waals surface area contributed by atoms with Crippen LogP contribution in [0.2, 0.25) is 12.2 Å². The summed E-state index contributed by atoms with van der Waals surface area (Å²) >= 11 is 0. The molecule has 0 fully saturated rings. The molecule has 4 nitrogen and oxygen atoms in total. The van der Waals surface area contributed by atoms with Crippen molar-refractivity contribution in [2.45, 2.75) is 79.8 Å². The average Bonchev–Trinajstić information content (AvgIpc) is 2.32. The Hall–Kier alpha value is 0.274. The van der Waals surface area contributed by atoms with E-state index in [0.717, 1.165) is 18.9 Å². The molecule has 134 valence electrons. The summed E-state index contributed by atoms with van der Waals surface area (Å²) in [6, 6.07) is 0. The predicted octanol–water partition coefficient (Wildman–Crippen LogP) is 4.01. The van der Waals surface area contributed by atoms with Gasteiger partial charge in [-0.25, -0.2) is 0 Å². The predicted molar refractivity (Wildman–Crippen MR) is 97.6 cm³/mol. The van der Waals surface area contributed by atoms with Gasteiger partial charge in [0.15, 0.2) is 0 Å². The topological polar surface area (TPSA) is 36.9 Å². The maximum atomic E-state index is 6.23. The molecule has 0 heterocycles. The molecule has 0 aromatic heterocycles. The quantitative estimate of drug-likeness (QED) is 0.498. The van der Waals surface area contributed by atoms with Crippen LogP contribution in [-0.4, -0.2) is 43.3 Å². The zero-order valence-corrected chi connectivity index (χ0v) is 18.3. The minimum Gasteiger partial charge on any atom is -0.394 e. The third kappa shape index (κ3) is 11.8. The van der Waals surface area contributed by atoms with E-state index in [1.807, 2.05) is 0 Å². The highest BCUT2D eigenvalue weighted by molar-refractivity contribution is 6.77. The third-order valence-electron chi connectivity index (χ3n) is 2.83. The van der Waals surface area contributed by atoms with Gasteiger partial charge in [-0.3, -0.25) is 0 Å². The number of hydrogen-bond acceptors (Lipinski definition) is 4. The summed E-state index contributed by atoms with van der Waals surface area (Å²) in [5.41, 5.74) is 0.836. The van der Waals surface area contributed by atoms with Gasteiger partial charge in [-0.2, -0.15) is 0 Å². The van der Waals surface area contributed by atoms with E-state index >= 15 is 0 Å². The van der Waals surface area contributed by atoms with Crippen LogP contribution in [0.5, 0.6) is 0 Å². The Morgan fingerprint density at radius 1 is 0.727 bits per heavy atom. The van der Waals surface area contributed by atoms with Crippen molar-refractivity contribution in [1.29, 1.82) is 0 Å². The molecule has 0 bridgehead atoms. The highest BCUT2D eigenvalue weighted by atomic mass is 28.4. The van der Waals surface area contributed by atoms with Gasteiger partial charge in [0, 0.05) is 31.1 Å². The van der Waals surface area contributed by atoms with Crippen LogP contribution >= 0.6 is 0 Å². The van der Waals surface area contributed by atoms with E-state index in [4.69, 9.17) is 17.7 Å². The lowest BCUT2D eigenvalue weighted by Crippen LogP contribution is -2.47. The molecular formula is C16H38O4Si2.